The van der Waals surface area contributed by atoms with Gasteiger partial charge in [-0.25, -0.2) is 0 Å². The molecule has 2 N–H and O–H groups in total. The molecule has 0 heterocycles. The molecule has 1 rings (SSSR count). The number of methoxy groups -OCH3 is 2. The van der Waals surface area contributed by atoms with Gasteiger partial charge in [0.25, 0.3) is 0 Å². The highest BCUT2D eigenvalue weighted by Crippen LogP contribution is 2.37. The summed E-state index contributed by atoms with van der Waals surface area (Å²) in [5.41, 5.74) is 6.91. The van der Waals surface area contributed by atoms with E-state index in [2.05, 4.69) is 0 Å². The number of halogens is 1. The monoisotopic (exact) mass is 273 g/mol. The van der Waals surface area contributed by atoms with E-state index in [0.717, 1.165) is 5.56 Å². The zero-order valence-electron chi connectivity index (χ0n) is 11.2. The summed E-state index contributed by atoms with van der Waals surface area (Å²) < 4.78 is 15.9. The largest absolute Gasteiger partial charge is 0.493 e. The number of hydrogen-bond acceptors (Lipinski definition) is 4. The van der Waals surface area contributed by atoms with Crippen LogP contribution in [0.5, 0.6) is 11.5 Å². The molecule has 4 nitrogen and oxygen atoms in total. The Balaban J connectivity index is 2.93. The van der Waals surface area contributed by atoms with Crippen LogP contribution in [0.25, 0.3) is 0 Å². The summed E-state index contributed by atoms with van der Waals surface area (Å²) in [5, 5.41) is 0.479. The van der Waals surface area contributed by atoms with E-state index in [1.165, 1.54) is 0 Å². The molecule has 0 aliphatic rings. The van der Waals surface area contributed by atoms with Crippen LogP contribution in [0.4, 0.5) is 0 Å². The summed E-state index contributed by atoms with van der Waals surface area (Å²) in [6.45, 7) is 4.37. The van der Waals surface area contributed by atoms with Crippen LogP contribution in [0.2, 0.25) is 5.02 Å². The van der Waals surface area contributed by atoms with Gasteiger partial charge in [0.2, 0.25) is 0 Å². The molecule has 0 bridgehead atoms. The Kier molecular flexibility index (Phi) is 5.72. The first-order chi connectivity index (χ1) is 8.49. The van der Waals surface area contributed by atoms with Crippen LogP contribution in [0.15, 0.2) is 12.1 Å². The smallest absolute Gasteiger partial charge is 0.179 e. The molecule has 18 heavy (non-hydrogen) atoms. The van der Waals surface area contributed by atoms with Crippen molar-refractivity contribution in [1.82, 2.24) is 0 Å². The van der Waals surface area contributed by atoms with Gasteiger partial charge in [-0.1, -0.05) is 11.6 Å². The highest BCUT2D eigenvalue weighted by molar-refractivity contribution is 6.32. The minimum absolute atomic E-state index is 0.145. The maximum atomic E-state index is 6.12. The Labute approximate surface area is 113 Å². The van der Waals surface area contributed by atoms with Crippen molar-refractivity contribution in [2.45, 2.75) is 26.0 Å². The minimum Gasteiger partial charge on any atom is -0.493 e. The highest BCUT2D eigenvalue weighted by atomic mass is 35.5. The van der Waals surface area contributed by atoms with E-state index in [1.54, 1.807) is 20.3 Å². The predicted octanol–water partition coefficient (Wildman–Crippen LogP) is 2.78. The normalized spacial score (nSPS) is 12.6. The lowest BCUT2D eigenvalue weighted by molar-refractivity contribution is 0.0682. The van der Waals surface area contributed by atoms with E-state index in [9.17, 15) is 0 Å². The summed E-state index contributed by atoms with van der Waals surface area (Å²) >= 11 is 6.12. The van der Waals surface area contributed by atoms with E-state index in [-0.39, 0.29) is 12.1 Å². The Morgan fingerprint density at radius 1 is 1.22 bits per heavy atom. The fraction of sp³-hybridized carbons (Fsp3) is 0.538. The third kappa shape index (κ3) is 3.77. The minimum atomic E-state index is -0.246. The van der Waals surface area contributed by atoms with Crippen molar-refractivity contribution < 1.29 is 14.2 Å². The standard InChI is InChI=1S/C13H20ClNO3/c1-8(2)18-7-11(15)9-5-10(14)13(17-4)12(6-9)16-3/h5-6,8,11H,7,15H2,1-4H3. The third-order valence-electron chi connectivity index (χ3n) is 2.49. The van der Waals surface area contributed by atoms with Gasteiger partial charge >= 0.3 is 0 Å². The Morgan fingerprint density at radius 2 is 1.89 bits per heavy atom. The molecule has 1 aromatic carbocycles. The van der Waals surface area contributed by atoms with E-state index < -0.39 is 0 Å². The van der Waals surface area contributed by atoms with Crippen molar-refractivity contribution in [1.29, 1.82) is 0 Å². The molecule has 0 aromatic heterocycles. The summed E-state index contributed by atoms with van der Waals surface area (Å²) in [6.07, 6.45) is 0.145. The van der Waals surface area contributed by atoms with Gasteiger partial charge in [0.15, 0.2) is 11.5 Å². The van der Waals surface area contributed by atoms with Crippen molar-refractivity contribution in [3.05, 3.63) is 22.7 Å². The van der Waals surface area contributed by atoms with Crippen molar-refractivity contribution in [2.24, 2.45) is 5.73 Å². The molecule has 0 saturated heterocycles. The van der Waals surface area contributed by atoms with E-state index in [1.807, 2.05) is 19.9 Å². The fourth-order valence-corrected chi connectivity index (χ4v) is 1.84. The molecule has 0 aliphatic carbocycles. The zero-order valence-corrected chi connectivity index (χ0v) is 12.0. The summed E-state index contributed by atoms with van der Waals surface area (Å²) in [4.78, 5) is 0. The average Bonchev–Trinajstić information content (AvgIpc) is 2.34. The Hall–Kier alpha value is -0.970. The van der Waals surface area contributed by atoms with Gasteiger partial charge in [-0.05, 0) is 31.5 Å². The summed E-state index contributed by atoms with van der Waals surface area (Å²) in [6, 6.07) is 3.35. The number of rotatable bonds is 6. The van der Waals surface area contributed by atoms with Gasteiger partial charge in [-0.3, -0.25) is 0 Å². The van der Waals surface area contributed by atoms with Crippen LogP contribution in [0.1, 0.15) is 25.5 Å². The molecule has 1 unspecified atom stereocenters. The van der Waals surface area contributed by atoms with Gasteiger partial charge in [0, 0.05) is 0 Å². The van der Waals surface area contributed by atoms with Crippen LogP contribution in [-0.2, 0) is 4.74 Å². The first-order valence-electron chi connectivity index (χ1n) is 5.78. The predicted molar refractivity (Wildman–Crippen MR) is 72.6 cm³/mol. The molecule has 5 heteroatoms. The molecule has 0 radical (unpaired) electrons. The van der Waals surface area contributed by atoms with Gasteiger partial charge in [-0.15, -0.1) is 0 Å². The number of nitrogens with two attached hydrogens (primary N) is 1. The second-order valence-electron chi connectivity index (χ2n) is 4.23. The lowest BCUT2D eigenvalue weighted by Crippen LogP contribution is -2.19. The van der Waals surface area contributed by atoms with E-state index >= 15 is 0 Å². The van der Waals surface area contributed by atoms with Crippen molar-refractivity contribution >= 4 is 11.6 Å². The van der Waals surface area contributed by atoms with Crippen LogP contribution in [0, 0.1) is 0 Å². The number of ether oxygens (including phenoxy) is 3. The summed E-state index contributed by atoms with van der Waals surface area (Å²) in [5.74, 6) is 1.08. The highest BCUT2D eigenvalue weighted by Gasteiger charge is 2.15. The van der Waals surface area contributed by atoms with Gasteiger partial charge in [0.05, 0.1) is 38.0 Å². The molecule has 0 spiro atoms. The quantitative estimate of drug-likeness (QED) is 0.866. The van der Waals surface area contributed by atoms with E-state index in [4.69, 9.17) is 31.5 Å². The Bertz CT molecular complexity index is 396. The lowest BCUT2D eigenvalue weighted by Gasteiger charge is -2.17. The van der Waals surface area contributed by atoms with E-state index in [0.29, 0.717) is 23.1 Å². The molecular formula is C13H20ClNO3. The molecular weight excluding hydrogens is 254 g/mol. The maximum absolute atomic E-state index is 6.12. The molecule has 0 fully saturated rings. The van der Waals surface area contributed by atoms with Crippen molar-refractivity contribution in [3.8, 4) is 11.5 Å². The number of hydrogen-bond donors (Lipinski definition) is 1. The molecule has 102 valence electrons. The third-order valence-corrected chi connectivity index (χ3v) is 2.77. The van der Waals surface area contributed by atoms with Gasteiger partial charge in [-0.2, -0.15) is 0 Å². The lowest BCUT2D eigenvalue weighted by atomic mass is 10.1. The van der Waals surface area contributed by atoms with Crippen LogP contribution >= 0.6 is 11.6 Å². The first-order valence-corrected chi connectivity index (χ1v) is 6.16. The average molecular weight is 274 g/mol. The molecule has 1 atom stereocenters. The van der Waals surface area contributed by atoms with Gasteiger partial charge < -0.3 is 19.9 Å². The molecule has 0 aliphatic heterocycles. The second-order valence-corrected chi connectivity index (χ2v) is 4.63. The van der Waals surface area contributed by atoms with Crippen LogP contribution in [0.3, 0.4) is 0 Å². The summed E-state index contributed by atoms with van der Waals surface area (Å²) in [7, 11) is 3.11. The van der Waals surface area contributed by atoms with Crippen LogP contribution < -0.4 is 15.2 Å². The maximum Gasteiger partial charge on any atom is 0.179 e. The van der Waals surface area contributed by atoms with Crippen LogP contribution in [-0.4, -0.2) is 26.9 Å². The zero-order chi connectivity index (χ0) is 13.7. The fourth-order valence-electron chi connectivity index (χ4n) is 1.54. The first kappa shape index (κ1) is 15.1. The van der Waals surface area contributed by atoms with Gasteiger partial charge in [0.1, 0.15) is 0 Å². The molecule has 0 saturated carbocycles. The number of benzene rings is 1. The Morgan fingerprint density at radius 3 is 2.39 bits per heavy atom. The van der Waals surface area contributed by atoms with Crippen molar-refractivity contribution in [2.75, 3.05) is 20.8 Å². The second kappa shape index (κ2) is 6.83. The topological polar surface area (TPSA) is 53.7 Å². The van der Waals surface area contributed by atoms with Crippen molar-refractivity contribution in [3.63, 3.8) is 0 Å². The molecule has 1 aromatic rings. The molecule has 0 amide bonds. The SMILES string of the molecule is COc1cc(C(N)COC(C)C)cc(Cl)c1OC.